The van der Waals surface area contributed by atoms with Crippen molar-refractivity contribution in [2.75, 3.05) is 16.3 Å². The van der Waals surface area contributed by atoms with E-state index in [4.69, 9.17) is 16.3 Å². The largest absolute Gasteiger partial charge is 0.441 e. The number of rotatable bonds is 6. The molecule has 1 amide bonds. The summed E-state index contributed by atoms with van der Waals surface area (Å²) in [5.74, 6) is 0.229. The minimum Gasteiger partial charge on any atom is -0.441 e. The van der Waals surface area contributed by atoms with E-state index >= 15 is 0 Å². The third-order valence-corrected chi connectivity index (χ3v) is 5.08. The van der Waals surface area contributed by atoms with Crippen LogP contribution in [0.2, 0.25) is 5.15 Å². The summed E-state index contributed by atoms with van der Waals surface area (Å²) in [6.45, 7) is 3.56. The second-order valence-electron chi connectivity index (χ2n) is 6.67. The van der Waals surface area contributed by atoms with Crippen LogP contribution in [0.4, 0.5) is 16.3 Å². The van der Waals surface area contributed by atoms with Gasteiger partial charge in [-0.3, -0.25) is 15.0 Å². The molecule has 164 valence electrons. The maximum Gasteiger partial charge on any atom is 0.413 e. The zero-order valence-corrected chi connectivity index (χ0v) is 18.7. The van der Waals surface area contributed by atoms with Gasteiger partial charge in [0, 0.05) is 24.5 Å². The van der Waals surface area contributed by atoms with Gasteiger partial charge in [0.15, 0.2) is 16.7 Å². The number of pyridine rings is 2. The summed E-state index contributed by atoms with van der Waals surface area (Å²) in [5, 5.41) is 10.4. The lowest BCUT2D eigenvalue weighted by Gasteiger charge is -2.16. The van der Waals surface area contributed by atoms with Crippen LogP contribution in [0.5, 0.6) is 0 Å². The predicted octanol–water partition coefficient (Wildman–Crippen LogP) is 2.92. The molecule has 2 N–H and O–H groups in total. The summed E-state index contributed by atoms with van der Waals surface area (Å²) in [6.07, 6.45) is 1.41. The normalized spacial score (nSPS) is 12.3. The lowest BCUT2D eigenvalue weighted by molar-refractivity contribution is 0.120. The second kappa shape index (κ2) is 8.86. The molecule has 0 fully saturated rings. The lowest BCUT2D eigenvalue weighted by atomic mass is 10.1. The van der Waals surface area contributed by atoms with Gasteiger partial charge in [0.25, 0.3) is 0 Å². The first-order valence-electron chi connectivity index (χ1n) is 8.98. The number of nitrogens with one attached hydrogen (secondary N) is 2. The van der Waals surface area contributed by atoms with E-state index in [-0.39, 0.29) is 28.0 Å². The van der Waals surface area contributed by atoms with Crippen molar-refractivity contribution in [1.29, 1.82) is 0 Å². The van der Waals surface area contributed by atoms with Crippen LogP contribution in [-0.4, -0.2) is 45.7 Å². The van der Waals surface area contributed by atoms with Crippen LogP contribution < -0.4 is 10.0 Å². The summed E-state index contributed by atoms with van der Waals surface area (Å²) < 4.78 is 31.9. The van der Waals surface area contributed by atoms with E-state index in [0.717, 1.165) is 17.5 Å². The average molecular weight is 466 g/mol. The van der Waals surface area contributed by atoms with Crippen LogP contribution in [0.25, 0.3) is 11.4 Å². The van der Waals surface area contributed by atoms with Crippen molar-refractivity contribution < 1.29 is 17.9 Å². The van der Waals surface area contributed by atoms with Crippen molar-refractivity contribution in [3.8, 4) is 11.4 Å². The topological polar surface area (TPSA) is 141 Å². The van der Waals surface area contributed by atoms with Crippen LogP contribution in [0.3, 0.4) is 0 Å². The molecule has 0 bridgehead atoms. The molecule has 0 aromatic carbocycles. The van der Waals surface area contributed by atoms with E-state index in [0.29, 0.717) is 0 Å². The van der Waals surface area contributed by atoms with Crippen molar-refractivity contribution in [1.82, 2.24) is 25.0 Å². The highest BCUT2D eigenvalue weighted by molar-refractivity contribution is 7.92. The predicted molar refractivity (Wildman–Crippen MR) is 115 cm³/mol. The van der Waals surface area contributed by atoms with E-state index in [2.05, 4.69) is 30.3 Å². The Labute approximate surface area is 183 Å². The van der Waals surface area contributed by atoms with Gasteiger partial charge in [-0.1, -0.05) is 22.9 Å². The van der Waals surface area contributed by atoms with Crippen LogP contribution in [0, 0.1) is 6.92 Å². The average Bonchev–Trinajstić information content (AvgIpc) is 3.03. The number of hydrogen-bond acceptors (Lipinski definition) is 8. The van der Waals surface area contributed by atoms with E-state index in [1.807, 2.05) is 13.0 Å². The number of nitrogens with zero attached hydrogens (tertiary/aromatic N) is 5. The molecular formula is C18H20ClN7O4S. The first kappa shape index (κ1) is 22.4. The summed E-state index contributed by atoms with van der Waals surface area (Å²) in [7, 11) is -1.93. The van der Waals surface area contributed by atoms with Crippen LogP contribution in [0.1, 0.15) is 24.3 Å². The molecule has 0 radical (unpaired) electrons. The molecule has 0 unspecified atom stereocenters. The third-order valence-electron chi connectivity index (χ3n) is 4.20. The Morgan fingerprint density at radius 1 is 1.29 bits per heavy atom. The standard InChI is InChI=1S/C18H20ClN7O4S/c1-10-12(6-5-9-20-10)11(2)30-18(27)22-17-15(23-25-26(17)3)13-7-8-14(16(19)21-13)24-31(4,28)29/h5-9,11,24H,1-4H3,(H,22,27)/t11-/m1/s1. The van der Waals surface area contributed by atoms with Gasteiger partial charge >= 0.3 is 6.09 Å². The zero-order valence-electron chi connectivity index (χ0n) is 17.1. The smallest absolute Gasteiger partial charge is 0.413 e. The number of amides is 1. The number of carbonyl (C=O) groups is 1. The van der Waals surface area contributed by atoms with Gasteiger partial charge in [0.2, 0.25) is 10.0 Å². The van der Waals surface area contributed by atoms with Gasteiger partial charge in [0.05, 0.1) is 17.6 Å². The summed E-state index contributed by atoms with van der Waals surface area (Å²) >= 11 is 6.09. The Bertz CT molecular complexity index is 1230. The minimum atomic E-state index is -3.52. The molecule has 13 heteroatoms. The van der Waals surface area contributed by atoms with Crippen LogP contribution in [-0.2, 0) is 21.8 Å². The number of halogens is 1. The first-order valence-corrected chi connectivity index (χ1v) is 11.3. The summed E-state index contributed by atoms with van der Waals surface area (Å²) in [5.41, 5.74) is 2.17. The second-order valence-corrected chi connectivity index (χ2v) is 8.78. The van der Waals surface area contributed by atoms with Crippen molar-refractivity contribution in [3.05, 3.63) is 46.9 Å². The maximum absolute atomic E-state index is 12.5. The monoisotopic (exact) mass is 465 g/mol. The molecule has 11 nitrogen and oxygen atoms in total. The molecule has 0 saturated heterocycles. The Hall–Kier alpha value is -3.25. The fourth-order valence-electron chi connectivity index (χ4n) is 2.79. The molecule has 0 aliphatic carbocycles. The molecule has 0 aliphatic rings. The van der Waals surface area contributed by atoms with E-state index in [1.165, 1.54) is 16.8 Å². The van der Waals surface area contributed by atoms with Gasteiger partial charge in [-0.15, -0.1) is 5.10 Å². The SMILES string of the molecule is Cc1ncccc1[C@@H](C)OC(=O)Nc1c(-c2ccc(NS(C)(=O)=O)c(Cl)n2)nnn1C. The highest BCUT2D eigenvalue weighted by Gasteiger charge is 2.21. The fourth-order valence-corrected chi connectivity index (χ4v) is 3.61. The molecule has 3 aromatic rings. The number of sulfonamides is 1. The van der Waals surface area contributed by atoms with Crippen molar-refractivity contribution in [2.24, 2.45) is 7.05 Å². The molecule has 31 heavy (non-hydrogen) atoms. The highest BCUT2D eigenvalue weighted by Crippen LogP contribution is 2.29. The molecule has 3 aromatic heterocycles. The summed E-state index contributed by atoms with van der Waals surface area (Å²) in [4.78, 5) is 20.8. The van der Waals surface area contributed by atoms with E-state index in [9.17, 15) is 13.2 Å². The molecule has 0 saturated carbocycles. The van der Waals surface area contributed by atoms with Crippen molar-refractivity contribution in [3.63, 3.8) is 0 Å². The number of anilines is 2. The summed E-state index contributed by atoms with van der Waals surface area (Å²) in [6, 6.07) is 6.54. The lowest BCUT2D eigenvalue weighted by Crippen LogP contribution is -2.19. The minimum absolute atomic E-state index is 0.0808. The Kier molecular flexibility index (Phi) is 6.41. The van der Waals surface area contributed by atoms with Gasteiger partial charge in [-0.25, -0.2) is 22.9 Å². The number of aryl methyl sites for hydroxylation is 2. The molecule has 1 atom stereocenters. The number of carbonyl (C=O) groups excluding carboxylic acids is 1. The number of ether oxygens (including phenoxy) is 1. The van der Waals surface area contributed by atoms with Crippen molar-refractivity contribution >= 4 is 39.2 Å². The molecule has 3 rings (SSSR count). The molecule has 0 spiro atoms. The fraction of sp³-hybridized carbons (Fsp3) is 0.278. The molecule has 0 aliphatic heterocycles. The highest BCUT2D eigenvalue weighted by atomic mass is 35.5. The Balaban J connectivity index is 1.80. The van der Waals surface area contributed by atoms with Gasteiger partial charge in [0.1, 0.15) is 6.10 Å². The number of hydrogen-bond donors (Lipinski definition) is 2. The molecule has 3 heterocycles. The van der Waals surface area contributed by atoms with Gasteiger partial charge in [-0.2, -0.15) is 0 Å². The van der Waals surface area contributed by atoms with Gasteiger partial charge in [-0.05, 0) is 32.0 Å². The van der Waals surface area contributed by atoms with E-state index in [1.54, 1.807) is 26.2 Å². The third kappa shape index (κ3) is 5.47. The molecular weight excluding hydrogens is 446 g/mol. The maximum atomic E-state index is 12.5. The van der Waals surface area contributed by atoms with Crippen LogP contribution >= 0.6 is 11.6 Å². The zero-order chi connectivity index (χ0) is 22.8. The Morgan fingerprint density at radius 3 is 2.68 bits per heavy atom. The van der Waals surface area contributed by atoms with E-state index < -0.39 is 22.2 Å². The Morgan fingerprint density at radius 2 is 2.03 bits per heavy atom. The quantitative estimate of drug-likeness (QED) is 0.529. The van der Waals surface area contributed by atoms with Crippen LogP contribution in [0.15, 0.2) is 30.5 Å². The first-order chi connectivity index (χ1) is 14.5. The van der Waals surface area contributed by atoms with Crippen molar-refractivity contribution in [2.45, 2.75) is 20.0 Å². The van der Waals surface area contributed by atoms with Gasteiger partial charge < -0.3 is 4.74 Å². The number of aromatic nitrogens is 5.